The number of likely N-dealkylation sites (tertiary alicyclic amines) is 1. The number of aliphatic hydroxyl groups is 1. The highest BCUT2D eigenvalue weighted by Crippen LogP contribution is 2.22. The van der Waals surface area contributed by atoms with Crippen molar-refractivity contribution >= 4 is 15.9 Å². The van der Waals surface area contributed by atoms with Gasteiger partial charge in [-0.2, -0.15) is 0 Å². The summed E-state index contributed by atoms with van der Waals surface area (Å²) >= 11 is 3.47. The SMILES string of the molecule is COc1ccc(Br)cc1CNCC(O)CN1CCCC1. The van der Waals surface area contributed by atoms with Gasteiger partial charge >= 0.3 is 0 Å². The molecule has 20 heavy (non-hydrogen) atoms. The number of methoxy groups -OCH3 is 1. The third kappa shape index (κ3) is 4.74. The van der Waals surface area contributed by atoms with E-state index in [9.17, 15) is 5.11 Å². The Morgan fingerprint density at radius 2 is 2.15 bits per heavy atom. The van der Waals surface area contributed by atoms with Gasteiger partial charge in [-0.15, -0.1) is 0 Å². The molecule has 1 unspecified atom stereocenters. The second-order valence-electron chi connectivity index (χ2n) is 5.25. The molecule has 2 rings (SSSR count). The topological polar surface area (TPSA) is 44.7 Å². The van der Waals surface area contributed by atoms with Crippen LogP contribution in [0, 0.1) is 0 Å². The van der Waals surface area contributed by atoms with Gasteiger partial charge in [0.05, 0.1) is 13.2 Å². The maximum atomic E-state index is 10.0. The van der Waals surface area contributed by atoms with Crippen LogP contribution in [0.15, 0.2) is 22.7 Å². The molecule has 2 N–H and O–H groups in total. The highest BCUT2D eigenvalue weighted by molar-refractivity contribution is 9.10. The Kier molecular flexibility index (Phi) is 6.29. The number of hydrogen-bond donors (Lipinski definition) is 2. The zero-order valence-electron chi connectivity index (χ0n) is 11.9. The molecule has 1 atom stereocenters. The van der Waals surface area contributed by atoms with Crippen molar-refractivity contribution in [3.8, 4) is 5.75 Å². The fourth-order valence-electron chi connectivity index (χ4n) is 2.59. The molecule has 5 heteroatoms. The summed E-state index contributed by atoms with van der Waals surface area (Å²) < 4.78 is 6.37. The number of nitrogens with zero attached hydrogens (tertiary/aromatic N) is 1. The van der Waals surface area contributed by atoms with Crippen molar-refractivity contribution < 1.29 is 9.84 Å². The van der Waals surface area contributed by atoms with Gasteiger partial charge in [0, 0.05) is 29.7 Å². The maximum absolute atomic E-state index is 10.0. The summed E-state index contributed by atoms with van der Waals surface area (Å²) in [6.45, 7) is 4.31. The van der Waals surface area contributed by atoms with Crippen molar-refractivity contribution in [1.82, 2.24) is 10.2 Å². The van der Waals surface area contributed by atoms with E-state index < -0.39 is 0 Å². The fourth-order valence-corrected chi connectivity index (χ4v) is 3.00. The van der Waals surface area contributed by atoms with E-state index in [2.05, 4.69) is 26.1 Å². The molecule has 4 nitrogen and oxygen atoms in total. The molecule has 1 aliphatic rings. The summed E-state index contributed by atoms with van der Waals surface area (Å²) in [7, 11) is 1.68. The van der Waals surface area contributed by atoms with Crippen molar-refractivity contribution in [3.63, 3.8) is 0 Å². The lowest BCUT2D eigenvalue weighted by atomic mass is 10.2. The molecule has 1 fully saturated rings. The quantitative estimate of drug-likeness (QED) is 0.795. The molecule has 0 amide bonds. The summed E-state index contributed by atoms with van der Waals surface area (Å²) in [5.74, 6) is 0.870. The van der Waals surface area contributed by atoms with Crippen molar-refractivity contribution in [2.45, 2.75) is 25.5 Å². The highest BCUT2D eigenvalue weighted by atomic mass is 79.9. The molecular formula is C15H23BrN2O2. The first-order valence-electron chi connectivity index (χ1n) is 7.12. The van der Waals surface area contributed by atoms with E-state index in [0.717, 1.165) is 35.4 Å². The minimum absolute atomic E-state index is 0.314. The summed E-state index contributed by atoms with van der Waals surface area (Å²) in [5.41, 5.74) is 1.09. The Morgan fingerprint density at radius 1 is 1.40 bits per heavy atom. The number of rotatable bonds is 7. The van der Waals surface area contributed by atoms with E-state index in [4.69, 9.17) is 4.74 Å². The van der Waals surface area contributed by atoms with Crippen LogP contribution >= 0.6 is 15.9 Å². The molecule has 1 aliphatic heterocycles. The second-order valence-corrected chi connectivity index (χ2v) is 6.16. The predicted molar refractivity (Wildman–Crippen MR) is 84.1 cm³/mol. The number of aliphatic hydroxyl groups excluding tert-OH is 1. The lowest BCUT2D eigenvalue weighted by Gasteiger charge is -2.20. The van der Waals surface area contributed by atoms with Gasteiger partial charge in [-0.05, 0) is 44.1 Å². The molecule has 1 saturated heterocycles. The molecule has 1 aromatic carbocycles. The van der Waals surface area contributed by atoms with Crippen LogP contribution in [0.4, 0.5) is 0 Å². The predicted octanol–water partition coefficient (Wildman–Crippen LogP) is 2.00. The maximum Gasteiger partial charge on any atom is 0.123 e. The van der Waals surface area contributed by atoms with Gasteiger partial charge in [-0.25, -0.2) is 0 Å². The molecule has 1 heterocycles. The minimum Gasteiger partial charge on any atom is -0.496 e. The van der Waals surface area contributed by atoms with Gasteiger partial charge in [0.2, 0.25) is 0 Å². The van der Waals surface area contributed by atoms with Gasteiger partial charge in [-0.3, -0.25) is 0 Å². The molecule has 1 aromatic rings. The third-order valence-electron chi connectivity index (χ3n) is 3.61. The van der Waals surface area contributed by atoms with Crippen LogP contribution in [0.2, 0.25) is 0 Å². The number of nitrogens with one attached hydrogen (secondary N) is 1. The Balaban J connectivity index is 1.75. The van der Waals surface area contributed by atoms with E-state index in [-0.39, 0.29) is 6.10 Å². The van der Waals surface area contributed by atoms with E-state index in [1.54, 1.807) is 7.11 Å². The zero-order chi connectivity index (χ0) is 14.4. The average Bonchev–Trinajstić information content (AvgIpc) is 2.92. The zero-order valence-corrected chi connectivity index (χ0v) is 13.5. The first-order chi connectivity index (χ1) is 9.69. The normalized spacial score (nSPS) is 17.4. The molecular weight excluding hydrogens is 320 g/mol. The van der Waals surface area contributed by atoms with E-state index in [1.807, 2.05) is 18.2 Å². The first-order valence-corrected chi connectivity index (χ1v) is 7.92. The van der Waals surface area contributed by atoms with Crippen molar-refractivity contribution in [1.29, 1.82) is 0 Å². The van der Waals surface area contributed by atoms with Gasteiger partial charge < -0.3 is 20.1 Å². The molecule has 0 aliphatic carbocycles. The monoisotopic (exact) mass is 342 g/mol. The average molecular weight is 343 g/mol. The lowest BCUT2D eigenvalue weighted by Crippen LogP contribution is -2.36. The standard InChI is InChI=1S/C15H23BrN2O2/c1-20-15-5-4-13(16)8-12(15)9-17-10-14(19)11-18-6-2-3-7-18/h4-5,8,14,17,19H,2-3,6-7,9-11H2,1H3. The number of halogens is 1. The van der Waals surface area contributed by atoms with E-state index in [1.165, 1.54) is 12.8 Å². The smallest absolute Gasteiger partial charge is 0.123 e. The molecule has 0 saturated carbocycles. The number of hydrogen-bond acceptors (Lipinski definition) is 4. The molecule has 112 valence electrons. The molecule has 0 radical (unpaired) electrons. The van der Waals surface area contributed by atoms with Gasteiger partial charge in [0.1, 0.15) is 5.75 Å². The van der Waals surface area contributed by atoms with Crippen molar-refractivity contribution in [2.75, 3.05) is 33.3 Å². The first kappa shape index (κ1) is 15.8. The highest BCUT2D eigenvalue weighted by Gasteiger charge is 2.15. The van der Waals surface area contributed by atoms with Crippen LogP contribution in [0.25, 0.3) is 0 Å². The van der Waals surface area contributed by atoms with Crippen molar-refractivity contribution in [2.24, 2.45) is 0 Å². The Labute approximate surface area is 129 Å². The molecule has 0 spiro atoms. The fraction of sp³-hybridized carbons (Fsp3) is 0.600. The second kappa shape index (κ2) is 7.98. The van der Waals surface area contributed by atoms with Crippen LogP contribution in [0.3, 0.4) is 0 Å². The van der Waals surface area contributed by atoms with Crippen LogP contribution in [0.5, 0.6) is 5.75 Å². The Hall–Kier alpha value is -0.620. The van der Waals surface area contributed by atoms with E-state index >= 15 is 0 Å². The largest absolute Gasteiger partial charge is 0.496 e. The van der Waals surface area contributed by atoms with Crippen LogP contribution in [-0.2, 0) is 6.54 Å². The summed E-state index contributed by atoms with van der Waals surface area (Å²) in [5, 5.41) is 13.3. The number of benzene rings is 1. The Bertz CT molecular complexity index is 422. The van der Waals surface area contributed by atoms with E-state index in [0.29, 0.717) is 13.1 Å². The van der Waals surface area contributed by atoms with Crippen LogP contribution in [-0.4, -0.2) is 49.4 Å². The number of β-amino-alcohol motifs (C(OH)–C–C–N with tert-alkyl or cyclic N) is 1. The van der Waals surface area contributed by atoms with Crippen LogP contribution < -0.4 is 10.1 Å². The lowest BCUT2D eigenvalue weighted by molar-refractivity contribution is 0.123. The van der Waals surface area contributed by atoms with Crippen LogP contribution in [0.1, 0.15) is 18.4 Å². The minimum atomic E-state index is -0.314. The summed E-state index contributed by atoms with van der Waals surface area (Å²) in [6.07, 6.45) is 2.20. The van der Waals surface area contributed by atoms with Gasteiger partial charge in [0.25, 0.3) is 0 Å². The molecule has 0 bridgehead atoms. The summed E-state index contributed by atoms with van der Waals surface area (Å²) in [6, 6.07) is 5.95. The van der Waals surface area contributed by atoms with Gasteiger partial charge in [0.15, 0.2) is 0 Å². The summed E-state index contributed by atoms with van der Waals surface area (Å²) in [4.78, 5) is 2.33. The Morgan fingerprint density at radius 3 is 2.85 bits per heavy atom. The van der Waals surface area contributed by atoms with Gasteiger partial charge in [-0.1, -0.05) is 15.9 Å². The number of ether oxygens (including phenoxy) is 1. The van der Waals surface area contributed by atoms with Crippen molar-refractivity contribution in [3.05, 3.63) is 28.2 Å². The third-order valence-corrected chi connectivity index (χ3v) is 4.10. The molecule has 0 aromatic heterocycles.